The van der Waals surface area contributed by atoms with Crippen LogP contribution in [0.3, 0.4) is 0 Å². The first-order valence-corrected chi connectivity index (χ1v) is 27.5. The van der Waals surface area contributed by atoms with E-state index in [0.717, 1.165) is 51.6 Å². The number of rotatable bonds is 6. The molecular weight excluding hydrogens is 1060 g/mol. The number of pyridine rings is 1. The average Bonchev–Trinajstić information content (AvgIpc) is 1.22. The molecule has 0 N–H and O–H groups in total. The van der Waals surface area contributed by atoms with Gasteiger partial charge in [0.25, 0.3) is 0 Å². The SMILES string of the molecule is CC1(c2ccccc2)c2ccccc2N(c2nc(-n3c4ccccc4c4cc(C(F)(F)F)ccc43)c(N3c4ccccc4C(C)(c4ccccc4)c4ccccc43)c(C#N)c2-n2c3ccccc3c3cc(C(F)(F)F)ccc32)c2ccccc21. The predicted octanol–water partition coefficient (Wildman–Crippen LogP) is 19.5. The number of para-hydroxylation sites is 6. The Kier molecular flexibility index (Phi) is 11.0. The summed E-state index contributed by atoms with van der Waals surface area (Å²) in [5.41, 5.74) is 7.63. The van der Waals surface area contributed by atoms with E-state index in [1.807, 2.05) is 147 Å². The Hall–Kier alpha value is -10.4. The molecule has 0 unspecified atom stereocenters. The molecular formula is C72H46F6N6. The molecule has 5 heterocycles. The maximum atomic E-state index is 15.0. The van der Waals surface area contributed by atoms with Crippen LogP contribution in [0.2, 0.25) is 0 Å². The van der Waals surface area contributed by atoms with Crippen LogP contribution in [-0.4, -0.2) is 14.1 Å². The van der Waals surface area contributed by atoms with Crippen molar-refractivity contribution in [2.45, 2.75) is 37.0 Å². The van der Waals surface area contributed by atoms with Crippen molar-refractivity contribution in [3.63, 3.8) is 0 Å². The Balaban J connectivity index is 1.18. The molecule has 0 spiro atoms. The molecule has 0 saturated heterocycles. The van der Waals surface area contributed by atoms with Gasteiger partial charge in [-0.05, 0) is 120 Å². The summed E-state index contributed by atoms with van der Waals surface area (Å²) in [4.78, 5) is 10.1. The summed E-state index contributed by atoms with van der Waals surface area (Å²) in [5.74, 6) is 0.434. The van der Waals surface area contributed by atoms with E-state index < -0.39 is 34.3 Å². The molecule has 15 rings (SSSR count). The van der Waals surface area contributed by atoms with Crippen molar-refractivity contribution >= 4 is 77.9 Å². The molecule has 0 bridgehead atoms. The maximum Gasteiger partial charge on any atom is 0.416 e. The van der Waals surface area contributed by atoms with Crippen LogP contribution >= 0.6 is 0 Å². The van der Waals surface area contributed by atoms with Crippen molar-refractivity contribution in [2.24, 2.45) is 0 Å². The topological polar surface area (TPSA) is 53.0 Å². The molecule has 13 aromatic rings. The number of anilines is 6. The number of alkyl halides is 6. The van der Waals surface area contributed by atoms with Gasteiger partial charge in [-0.3, -0.25) is 9.47 Å². The highest BCUT2D eigenvalue weighted by molar-refractivity contribution is 6.13. The highest BCUT2D eigenvalue weighted by Gasteiger charge is 2.47. The molecule has 12 heteroatoms. The Morgan fingerprint density at radius 3 is 1.15 bits per heavy atom. The van der Waals surface area contributed by atoms with Gasteiger partial charge in [0.05, 0.1) is 55.9 Å². The predicted molar refractivity (Wildman–Crippen MR) is 321 cm³/mol. The second-order valence-electron chi connectivity index (χ2n) is 21.8. The van der Waals surface area contributed by atoms with Crippen LogP contribution in [0, 0.1) is 11.3 Å². The Bertz CT molecular complexity index is 4800. The average molecular weight is 1110 g/mol. The Labute approximate surface area is 478 Å². The van der Waals surface area contributed by atoms with Gasteiger partial charge in [-0.25, -0.2) is 4.98 Å². The maximum absolute atomic E-state index is 15.0. The molecule has 0 radical (unpaired) electrons. The lowest BCUT2D eigenvalue weighted by Crippen LogP contribution is -2.36. The van der Waals surface area contributed by atoms with E-state index in [-0.39, 0.29) is 28.6 Å². The number of benzene rings is 10. The summed E-state index contributed by atoms with van der Waals surface area (Å²) in [6, 6.07) is 77.1. The molecule has 84 heavy (non-hydrogen) atoms. The lowest BCUT2D eigenvalue weighted by Gasteiger charge is -2.45. The molecule has 0 fully saturated rings. The van der Waals surface area contributed by atoms with E-state index in [2.05, 4.69) is 73.3 Å². The zero-order chi connectivity index (χ0) is 57.4. The minimum atomic E-state index is -4.68. The summed E-state index contributed by atoms with van der Waals surface area (Å²) >= 11 is 0. The fourth-order valence-electron chi connectivity index (χ4n) is 13.7. The van der Waals surface area contributed by atoms with Crippen LogP contribution in [0.5, 0.6) is 0 Å². The number of hydrogen-bond acceptors (Lipinski definition) is 4. The van der Waals surface area contributed by atoms with Crippen molar-refractivity contribution in [1.29, 1.82) is 5.26 Å². The Morgan fingerprint density at radius 2 is 0.726 bits per heavy atom. The minimum Gasteiger partial charge on any atom is -0.305 e. The largest absolute Gasteiger partial charge is 0.416 e. The lowest BCUT2D eigenvalue weighted by atomic mass is 9.67. The second-order valence-corrected chi connectivity index (χ2v) is 21.8. The molecule has 0 atom stereocenters. The molecule has 3 aromatic heterocycles. The van der Waals surface area contributed by atoms with E-state index in [4.69, 9.17) is 4.98 Å². The quantitative estimate of drug-likeness (QED) is 0.156. The number of nitrogens with zero attached hydrogens (tertiary/aromatic N) is 6. The van der Waals surface area contributed by atoms with Gasteiger partial charge in [-0.15, -0.1) is 0 Å². The second kappa shape index (κ2) is 18.3. The van der Waals surface area contributed by atoms with E-state index in [1.54, 1.807) is 24.3 Å². The van der Waals surface area contributed by atoms with Crippen molar-refractivity contribution in [3.8, 4) is 17.6 Å². The minimum absolute atomic E-state index is 0.0784. The van der Waals surface area contributed by atoms with E-state index >= 15 is 0 Å². The molecule has 406 valence electrons. The van der Waals surface area contributed by atoms with Crippen molar-refractivity contribution in [2.75, 3.05) is 9.80 Å². The first-order valence-electron chi connectivity index (χ1n) is 27.5. The molecule has 2 aliphatic rings. The summed E-state index contributed by atoms with van der Waals surface area (Å²) in [6.07, 6.45) is -9.36. The van der Waals surface area contributed by atoms with Crippen molar-refractivity contribution < 1.29 is 26.3 Å². The van der Waals surface area contributed by atoms with Crippen LogP contribution < -0.4 is 9.80 Å². The van der Waals surface area contributed by atoms with Crippen molar-refractivity contribution in [1.82, 2.24) is 14.1 Å². The molecule has 2 aliphatic heterocycles. The number of halogens is 6. The summed E-state index contributed by atoms with van der Waals surface area (Å²) < 4.78 is 93.4. The van der Waals surface area contributed by atoms with Gasteiger partial charge in [-0.2, -0.15) is 31.6 Å². The van der Waals surface area contributed by atoms with Crippen LogP contribution in [-0.2, 0) is 23.2 Å². The third-order valence-corrected chi connectivity index (χ3v) is 17.5. The van der Waals surface area contributed by atoms with Crippen molar-refractivity contribution in [3.05, 3.63) is 293 Å². The highest BCUT2D eigenvalue weighted by Crippen LogP contribution is 2.60. The fraction of sp³-hybridized carbons (Fsp3) is 0.0833. The van der Waals surface area contributed by atoms with Crippen LogP contribution in [0.15, 0.2) is 243 Å². The molecule has 0 amide bonds. The van der Waals surface area contributed by atoms with Crippen LogP contribution in [0.4, 0.5) is 60.6 Å². The normalized spacial score (nSPS) is 14.3. The molecule has 6 nitrogen and oxygen atoms in total. The zero-order valence-corrected chi connectivity index (χ0v) is 45.0. The van der Waals surface area contributed by atoms with E-state index in [9.17, 15) is 31.6 Å². The highest BCUT2D eigenvalue weighted by atomic mass is 19.4. The van der Waals surface area contributed by atoms with E-state index in [1.165, 1.54) is 18.2 Å². The number of aromatic nitrogens is 3. The number of hydrogen-bond donors (Lipinski definition) is 0. The third-order valence-electron chi connectivity index (χ3n) is 17.5. The van der Waals surface area contributed by atoms with Gasteiger partial charge in [0.1, 0.15) is 23.0 Å². The van der Waals surface area contributed by atoms with Gasteiger partial charge >= 0.3 is 12.4 Å². The summed E-state index contributed by atoms with van der Waals surface area (Å²) in [6.45, 7) is 4.37. The molecule has 0 saturated carbocycles. The van der Waals surface area contributed by atoms with Gasteiger partial charge in [0.15, 0.2) is 11.6 Å². The fourth-order valence-corrected chi connectivity index (χ4v) is 13.7. The first kappa shape index (κ1) is 50.6. The summed E-state index contributed by atoms with van der Waals surface area (Å²) in [5, 5.41) is 14.4. The van der Waals surface area contributed by atoms with Gasteiger partial charge in [-0.1, -0.05) is 170 Å². The number of nitriles is 1. The number of fused-ring (bicyclic) bond motifs is 10. The zero-order valence-electron chi connectivity index (χ0n) is 45.0. The van der Waals surface area contributed by atoms with Gasteiger partial charge in [0.2, 0.25) is 0 Å². The Morgan fingerprint density at radius 1 is 0.369 bits per heavy atom. The summed E-state index contributed by atoms with van der Waals surface area (Å²) in [7, 11) is 0. The molecule has 0 aliphatic carbocycles. The smallest absolute Gasteiger partial charge is 0.305 e. The first-order chi connectivity index (χ1) is 40.7. The third kappa shape index (κ3) is 7.14. The van der Waals surface area contributed by atoms with Crippen LogP contribution in [0.25, 0.3) is 55.1 Å². The monoisotopic (exact) mass is 1110 g/mol. The van der Waals surface area contributed by atoms with E-state index in [0.29, 0.717) is 66.4 Å². The standard InChI is InChI=1S/C72H46F6N6/c1-69(44-21-5-3-6-22-44)53-27-11-17-33-61(53)82(62-34-18-12-28-54(62)69)66-52(43-79)65(81-57-31-15-9-25-48(57)50-41-46(71(73,74)75)37-39-59(50)81)68(80-67(66)83-58-32-16-10-26-49(58)51-42-47(72(76,77)78)38-40-60(51)83)84-63-35-19-13-29-55(63)70(2,45-23-7-4-8-24-45)56-30-14-20-36-64(56)84/h3-42H,1-2H3. The molecule has 10 aromatic carbocycles. The van der Waals surface area contributed by atoms with Gasteiger partial charge in [0, 0.05) is 32.4 Å². The van der Waals surface area contributed by atoms with Gasteiger partial charge < -0.3 is 9.47 Å². The van der Waals surface area contributed by atoms with Crippen LogP contribution in [0.1, 0.15) is 63.9 Å². The lowest BCUT2D eigenvalue weighted by molar-refractivity contribution is -0.138.